The zero-order valence-corrected chi connectivity index (χ0v) is 12.5. The van der Waals surface area contributed by atoms with Crippen LogP contribution in [0.25, 0.3) is 26.7 Å². The molecule has 0 aliphatic heterocycles. The molecule has 106 valence electrons. The van der Waals surface area contributed by atoms with E-state index < -0.39 is 0 Å². The molecule has 0 bridgehead atoms. The van der Waals surface area contributed by atoms with Gasteiger partial charge in [-0.15, -0.1) is 0 Å². The quantitative estimate of drug-likeness (QED) is 0.570. The Kier molecular flexibility index (Phi) is 3.09. The van der Waals surface area contributed by atoms with Crippen LogP contribution >= 0.6 is 11.3 Å². The summed E-state index contributed by atoms with van der Waals surface area (Å²) in [5.74, 6) is 0.235. The molecular weight excluding hydrogens is 292 g/mol. The maximum absolute atomic E-state index is 10.4. The summed E-state index contributed by atoms with van der Waals surface area (Å²) in [5, 5.41) is 10.4. The predicted molar refractivity (Wildman–Crippen MR) is 87.8 cm³/mol. The van der Waals surface area contributed by atoms with E-state index in [1.54, 1.807) is 4.40 Å². The summed E-state index contributed by atoms with van der Waals surface area (Å²) in [6, 6.07) is 21.8. The Morgan fingerprint density at radius 2 is 1.45 bits per heavy atom. The van der Waals surface area contributed by atoms with Gasteiger partial charge in [-0.2, -0.15) is 4.40 Å². The van der Waals surface area contributed by atoms with Gasteiger partial charge in [0.2, 0.25) is 0 Å². The smallest absolute Gasteiger partial charge is 0.391 e. The van der Waals surface area contributed by atoms with Crippen molar-refractivity contribution >= 4 is 16.3 Å². The van der Waals surface area contributed by atoms with Gasteiger partial charge in [0.1, 0.15) is 11.1 Å². The van der Waals surface area contributed by atoms with Crippen LogP contribution in [0.3, 0.4) is 0 Å². The highest BCUT2D eigenvalue weighted by Crippen LogP contribution is 2.33. The minimum absolute atomic E-state index is 0.235. The first-order valence-corrected chi connectivity index (χ1v) is 7.79. The van der Waals surface area contributed by atoms with Gasteiger partial charge in [0, 0.05) is 11.6 Å². The molecular formula is C18H13N2OS+. The summed E-state index contributed by atoms with van der Waals surface area (Å²) < 4.78 is 1.72. The molecule has 0 atom stereocenters. The minimum atomic E-state index is 0.235. The Morgan fingerprint density at radius 3 is 2.14 bits per heavy atom. The third-order valence-corrected chi connectivity index (χ3v) is 4.63. The maximum atomic E-state index is 10.4. The SMILES string of the molecule is Oc1c(-c2ccccc2)sc2nc(-c3ccccc3)cc[n+]12. The molecule has 2 heterocycles. The van der Waals surface area contributed by atoms with Gasteiger partial charge in [-0.1, -0.05) is 60.7 Å². The molecule has 0 unspecified atom stereocenters. The molecule has 2 aromatic carbocycles. The normalized spacial score (nSPS) is 10.9. The van der Waals surface area contributed by atoms with E-state index in [-0.39, 0.29) is 5.88 Å². The van der Waals surface area contributed by atoms with Crippen molar-refractivity contribution in [1.29, 1.82) is 0 Å². The molecule has 3 nitrogen and oxygen atoms in total. The lowest BCUT2D eigenvalue weighted by atomic mass is 10.1. The summed E-state index contributed by atoms with van der Waals surface area (Å²) in [4.78, 5) is 6.28. The van der Waals surface area contributed by atoms with Gasteiger partial charge < -0.3 is 5.11 Å². The van der Waals surface area contributed by atoms with Crippen molar-refractivity contribution in [2.75, 3.05) is 0 Å². The Bertz CT molecular complexity index is 933. The number of hydrogen-bond donors (Lipinski definition) is 1. The maximum Gasteiger partial charge on any atom is 0.391 e. The van der Waals surface area contributed by atoms with Gasteiger partial charge in [0.05, 0.1) is 0 Å². The molecule has 0 aliphatic carbocycles. The Labute approximate surface area is 131 Å². The third-order valence-electron chi connectivity index (χ3n) is 3.53. The fraction of sp³-hybridized carbons (Fsp3) is 0. The van der Waals surface area contributed by atoms with Crippen LogP contribution in [0.1, 0.15) is 0 Å². The number of rotatable bonds is 2. The van der Waals surface area contributed by atoms with Gasteiger partial charge >= 0.3 is 10.8 Å². The monoisotopic (exact) mass is 305 g/mol. The second-order valence-corrected chi connectivity index (χ2v) is 5.93. The summed E-state index contributed by atoms with van der Waals surface area (Å²) >= 11 is 1.49. The van der Waals surface area contributed by atoms with Crippen molar-refractivity contribution < 1.29 is 9.51 Å². The zero-order valence-electron chi connectivity index (χ0n) is 11.7. The first-order chi connectivity index (χ1) is 10.8. The molecule has 22 heavy (non-hydrogen) atoms. The van der Waals surface area contributed by atoms with E-state index in [1.807, 2.05) is 72.9 Å². The molecule has 0 fully saturated rings. The van der Waals surface area contributed by atoms with Crippen molar-refractivity contribution in [2.24, 2.45) is 0 Å². The number of nitrogens with zero attached hydrogens (tertiary/aromatic N) is 2. The lowest BCUT2D eigenvalue weighted by Gasteiger charge is -1.95. The molecule has 0 radical (unpaired) electrons. The molecule has 4 aromatic rings. The number of aromatic nitrogens is 2. The van der Waals surface area contributed by atoms with Crippen LogP contribution in [-0.4, -0.2) is 10.1 Å². The van der Waals surface area contributed by atoms with Crippen LogP contribution in [0.5, 0.6) is 5.88 Å². The first kappa shape index (κ1) is 13.0. The second-order valence-electron chi connectivity index (χ2n) is 4.95. The molecule has 2 aromatic heterocycles. The standard InChI is InChI=1S/C18H12N2OS/c21-17-16(14-9-5-2-6-10-14)22-18-19-15(11-12-20(17)18)13-7-3-1-4-8-13/h1-12H/p+1. The Balaban J connectivity index is 1.88. The fourth-order valence-electron chi connectivity index (χ4n) is 2.43. The van der Waals surface area contributed by atoms with Crippen molar-refractivity contribution in [3.05, 3.63) is 72.9 Å². The Morgan fingerprint density at radius 1 is 0.818 bits per heavy atom. The molecule has 1 N–H and O–H groups in total. The topological polar surface area (TPSA) is 37.2 Å². The third kappa shape index (κ3) is 2.14. The zero-order chi connectivity index (χ0) is 14.9. The van der Waals surface area contributed by atoms with E-state index in [1.165, 1.54) is 11.3 Å². The lowest BCUT2D eigenvalue weighted by molar-refractivity contribution is -0.520. The predicted octanol–water partition coefficient (Wildman–Crippen LogP) is 3.92. The van der Waals surface area contributed by atoms with Gasteiger partial charge in [-0.05, 0) is 21.9 Å². The van der Waals surface area contributed by atoms with Crippen LogP contribution in [-0.2, 0) is 0 Å². The highest BCUT2D eigenvalue weighted by Gasteiger charge is 2.21. The van der Waals surface area contributed by atoms with E-state index in [0.717, 1.165) is 26.7 Å². The molecule has 0 saturated heterocycles. The summed E-state index contributed by atoms with van der Waals surface area (Å²) in [6.45, 7) is 0. The molecule has 0 saturated carbocycles. The van der Waals surface area contributed by atoms with Crippen LogP contribution in [0, 0.1) is 0 Å². The highest BCUT2D eigenvalue weighted by molar-refractivity contribution is 7.20. The largest absolute Gasteiger partial charge is 0.476 e. The van der Waals surface area contributed by atoms with E-state index in [9.17, 15) is 5.11 Å². The van der Waals surface area contributed by atoms with Gasteiger partial charge in [0.25, 0.3) is 0 Å². The molecule has 0 spiro atoms. The van der Waals surface area contributed by atoms with Gasteiger partial charge in [0.15, 0.2) is 5.69 Å². The van der Waals surface area contributed by atoms with Crippen LogP contribution in [0.15, 0.2) is 72.9 Å². The second kappa shape index (κ2) is 5.24. The summed E-state index contributed by atoms with van der Waals surface area (Å²) in [5.41, 5.74) is 2.97. The summed E-state index contributed by atoms with van der Waals surface area (Å²) in [6.07, 6.45) is 1.86. The van der Waals surface area contributed by atoms with Crippen LogP contribution < -0.4 is 4.40 Å². The molecule has 4 rings (SSSR count). The average Bonchev–Trinajstić information content (AvgIpc) is 2.93. The van der Waals surface area contributed by atoms with E-state index in [2.05, 4.69) is 4.98 Å². The number of aromatic hydroxyl groups is 1. The highest BCUT2D eigenvalue weighted by atomic mass is 32.1. The van der Waals surface area contributed by atoms with E-state index in [4.69, 9.17) is 0 Å². The van der Waals surface area contributed by atoms with Crippen molar-refractivity contribution in [2.45, 2.75) is 0 Å². The molecule has 4 heteroatoms. The Hall–Kier alpha value is -2.72. The van der Waals surface area contributed by atoms with Crippen molar-refractivity contribution in [3.63, 3.8) is 0 Å². The minimum Gasteiger partial charge on any atom is -0.476 e. The fourth-order valence-corrected chi connectivity index (χ4v) is 3.45. The average molecular weight is 305 g/mol. The van der Waals surface area contributed by atoms with Gasteiger partial charge in [-0.3, -0.25) is 0 Å². The van der Waals surface area contributed by atoms with Crippen LogP contribution in [0.2, 0.25) is 0 Å². The number of benzene rings is 2. The van der Waals surface area contributed by atoms with Crippen molar-refractivity contribution in [1.82, 2.24) is 4.98 Å². The number of thiazole rings is 1. The number of hydrogen-bond acceptors (Lipinski definition) is 3. The first-order valence-electron chi connectivity index (χ1n) is 6.98. The van der Waals surface area contributed by atoms with E-state index in [0.29, 0.717) is 0 Å². The lowest BCUT2D eigenvalue weighted by Crippen LogP contribution is -2.19. The van der Waals surface area contributed by atoms with Crippen molar-refractivity contribution in [3.8, 4) is 27.6 Å². The number of fused-ring (bicyclic) bond motifs is 1. The van der Waals surface area contributed by atoms with E-state index >= 15 is 0 Å². The van der Waals surface area contributed by atoms with Gasteiger partial charge in [-0.25, -0.2) is 0 Å². The summed E-state index contributed by atoms with van der Waals surface area (Å²) in [7, 11) is 0. The molecule has 0 amide bonds. The van der Waals surface area contributed by atoms with Crippen LogP contribution in [0.4, 0.5) is 0 Å². The molecule has 0 aliphatic rings.